The Balaban J connectivity index is 1.38. The molecule has 2 aromatic carbocycles. The molecule has 0 aromatic heterocycles. The molecule has 2 N–H and O–H groups in total. The smallest absolute Gasteiger partial charge is 0.222 e. The third-order valence-electron chi connectivity index (χ3n) is 6.01. The Morgan fingerprint density at radius 2 is 1.83 bits per heavy atom. The van der Waals surface area contributed by atoms with E-state index in [1.54, 1.807) is 38.0 Å². The number of benzene rings is 2. The fourth-order valence-corrected chi connectivity index (χ4v) is 5.89. The number of ether oxygens (including phenoxy) is 1. The number of methoxy groups -OCH3 is 1. The molecule has 190 valence electrons. The summed E-state index contributed by atoms with van der Waals surface area (Å²) < 4.78 is 30.8. The summed E-state index contributed by atoms with van der Waals surface area (Å²) in [4.78, 5) is 19.0. The molecule has 0 saturated heterocycles. The zero-order valence-corrected chi connectivity index (χ0v) is 21.9. The second-order valence-corrected chi connectivity index (χ2v) is 10.8. The van der Waals surface area contributed by atoms with Gasteiger partial charge in [0.1, 0.15) is 17.5 Å². The number of carbonyl (C=O) groups excluding carboxylic acids is 1. The number of rotatable bonds is 12. The minimum absolute atomic E-state index is 0.0769. The van der Waals surface area contributed by atoms with Crippen LogP contribution in [-0.2, 0) is 21.2 Å². The van der Waals surface area contributed by atoms with E-state index in [0.717, 1.165) is 36.5 Å². The number of sulfone groups is 1. The molecule has 0 aliphatic carbocycles. The maximum absolute atomic E-state index is 12.8. The monoisotopic (exact) mass is 500 g/mol. The minimum Gasteiger partial charge on any atom is -0.497 e. The Morgan fingerprint density at radius 1 is 1.14 bits per heavy atom. The van der Waals surface area contributed by atoms with Crippen LogP contribution in [-0.4, -0.2) is 64.7 Å². The number of carbonyl (C=O) groups is 1. The first-order chi connectivity index (χ1) is 16.7. The van der Waals surface area contributed by atoms with Crippen LogP contribution in [0.15, 0.2) is 46.3 Å². The maximum Gasteiger partial charge on any atom is 0.222 e. The maximum atomic E-state index is 12.8. The molecule has 1 heterocycles. The van der Waals surface area contributed by atoms with Gasteiger partial charge in [-0.05, 0) is 62.1 Å². The number of amidine groups is 1. The van der Waals surface area contributed by atoms with Crippen LogP contribution in [0.1, 0.15) is 41.5 Å². The molecule has 0 saturated carbocycles. The Hall–Kier alpha value is -2.91. The van der Waals surface area contributed by atoms with Gasteiger partial charge in [-0.1, -0.05) is 24.3 Å². The summed E-state index contributed by atoms with van der Waals surface area (Å²) in [5, 5.41) is 6.28. The lowest BCUT2D eigenvalue weighted by Gasteiger charge is -2.17. The zero-order valence-electron chi connectivity index (χ0n) is 21.1. The largest absolute Gasteiger partial charge is 0.497 e. The van der Waals surface area contributed by atoms with E-state index in [1.165, 1.54) is 0 Å². The van der Waals surface area contributed by atoms with Gasteiger partial charge >= 0.3 is 0 Å². The molecular weight excluding hydrogens is 464 g/mol. The number of aryl methyl sites for hydroxylation is 2. The molecule has 0 unspecified atom stereocenters. The van der Waals surface area contributed by atoms with Crippen molar-refractivity contribution in [3.63, 3.8) is 0 Å². The van der Waals surface area contributed by atoms with Crippen molar-refractivity contribution in [2.24, 2.45) is 4.99 Å². The lowest BCUT2D eigenvalue weighted by molar-refractivity contribution is -0.130. The first kappa shape index (κ1) is 26.7. The van der Waals surface area contributed by atoms with Crippen molar-refractivity contribution in [2.75, 3.05) is 39.7 Å². The van der Waals surface area contributed by atoms with Gasteiger partial charge in [0.15, 0.2) is 9.84 Å². The van der Waals surface area contributed by atoms with E-state index in [4.69, 9.17) is 4.74 Å². The van der Waals surface area contributed by atoms with Crippen molar-refractivity contribution < 1.29 is 17.9 Å². The lowest BCUT2D eigenvalue weighted by Crippen LogP contribution is -2.27. The van der Waals surface area contributed by atoms with E-state index >= 15 is 0 Å². The van der Waals surface area contributed by atoms with Crippen LogP contribution in [0.5, 0.6) is 5.75 Å². The highest BCUT2D eigenvalue weighted by molar-refractivity contribution is 7.91. The predicted octanol–water partition coefficient (Wildman–Crippen LogP) is 2.81. The van der Waals surface area contributed by atoms with Gasteiger partial charge in [0.25, 0.3) is 0 Å². The van der Waals surface area contributed by atoms with Crippen molar-refractivity contribution in [1.82, 2.24) is 15.5 Å². The summed E-state index contributed by atoms with van der Waals surface area (Å²) in [7, 11) is -0.0873. The van der Waals surface area contributed by atoms with Crippen LogP contribution in [0.2, 0.25) is 0 Å². The highest BCUT2D eigenvalue weighted by atomic mass is 32.2. The molecule has 0 bridgehead atoms. The molecule has 2 aromatic rings. The van der Waals surface area contributed by atoms with Crippen LogP contribution in [0.4, 0.5) is 0 Å². The molecule has 1 aliphatic rings. The van der Waals surface area contributed by atoms with E-state index in [0.29, 0.717) is 47.7 Å². The second-order valence-electron chi connectivity index (χ2n) is 8.91. The Labute approximate surface area is 208 Å². The van der Waals surface area contributed by atoms with E-state index in [2.05, 4.69) is 15.6 Å². The van der Waals surface area contributed by atoms with Gasteiger partial charge in [0.05, 0.1) is 18.6 Å². The first-order valence-corrected chi connectivity index (χ1v) is 13.6. The van der Waals surface area contributed by atoms with Gasteiger partial charge in [0, 0.05) is 32.1 Å². The minimum atomic E-state index is -3.46. The Bertz CT molecular complexity index is 1140. The van der Waals surface area contributed by atoms with Gasteiger partial charge in [0.2, 0.25) is 5.91 Å². The molecule has 0 fully saturated rings. The summed E-state index contributed by atoms with van der Waals surface area (Å²) in [6, 6.07) is 11.6. The molecule has 8 nitrogen and oxygen atoms in total. The summed E-state index contributed by atoms with van der Waals surface area (Å²) in [6.45, 7) is 6.32. The Morgan fingerprint density at radius 3 is 2.43 bits per heavy atom. The second kappa shape index (κ2) is 12.2. The van der Waals surface area contributed by atoms with Crippen LogP contribution in [0.25, 0.3) is 0 Å². The number of hydrogen-bond donors (Lipinski definition) is 2. The quantitative estimate of drug-likeness (QED) is 0.435. The fraction of sp³-hybridized carbons (Fsp3) is 0.462. The summed E-state index contributed by atoms with van der Waals surface area (Å²) in [5.41, 5.74) is 3.48. The number of amides is 1. The Kier molecular flexibility index (Phi) is 9.28. The molecule has 9 heteroatoms. The standard InChI is InChI=1S/C26H36N4O4S/c1-19-15-23(34-4)16-20(2)25(19)35(32,33)18-27-12-6-5-7-24(31)30(3)17-21-8-10-22(11-9-21)26-28-13-14-29-26/h8-11,15-16,27H,5-7,12-14,17-18H2,1-4H3,(H,28,29). The van der Waals surface area contributed by atoms with Gasteiger partial charge < -0.3 is 20.3 Å². The van der Waals surface area contributed by atoms with E-state index < -0.39 is 9.84 Å². The summed E-state index contributed by atoms with van der Waals surface area (Å²) in [6.07, 6.45) is 1.85. The molecule has 3 rings (SSSR count). The topological polar surface area (TPSA) is 100 Å². The molecule has 35 heavy (non-hydrogen) atoms. The van der Waals surface area contributed by atoms with Gasteiger partial charge in [-0.15, -0.1) is 0 Å². The highest BCUT2D eigenvalue weighted by Crippen LogP contribution is 2.26. The van der Waals surface area contributed by atoms with Crippen molar-refractivity contribution in [2.45, 2.75) is 44.6 Å². The van der Waals surface area contributed by atoms with Crippen LogP contribution < -0.4 is 15.4 Å². The van der Waals surface area contributed by atoms with Gasteiger partial charge in [-0.25, -0.2) is 8.42 Å². The molecule has 1 amide bonds. The van der Waals surface area contributed by atoms with Crippen molar-refractivity contribution in [3.05, 3.63) is 58.7 Å². The molecule has 0 radical (unpaired) electrons. The lowest BCUT2D eigenvalue weighted by atomic mass is 10.1. The average molecular weight is 501 g/mol. The number of nitrogens with zero attached hydrogens (tertiary/aromatic N) is 2. The molecule has 1 aliphatic heterocycles. The number of unbranched alkanes of at least 4 members (excludes halogenated alkanes) is 1. The van der Waals surface area contributed by atoms with E-state index in [-0.39, 0.29) is 11.8 Å². The van der Waals surface area contributed by atoms with Crippen LogP contribution in [0, 0.1) is 13.8 Å². The summed E-state index contributed by atoms with van der Waals surface area (Å²) >= 11 is 0. The van der Waals surface area contributed by atoms with Crippen molar-refractivity contribution in [3.8, 4) is 5.75 Å². The number of nitrogens with one attached hydrogen (secondary N) is 2. The van der Waals surface area contributed by atoms with Crippen molar-refractivity contribution >= 4 is 21.6 Å². The van der Waals surface area contributed by atoms with Gasteiger partial charge in [-0.3, -0.25) is 9.79 Å². The van der Waals surface area contributed by atoms with Gasteiger partial charge in [-0.2, -0.15) is 0 Å². The van der Waals surface area contributed by atoms with Crippen LogP contribution >= 0.6 is 0 Å². The average Bonchev–Trinajstić information content (AvgIpc) is 3.36. The number of hydrogen-bond acceptors (Lipinski definition) is 7. The highest BCUT2D eigenvalue weighted by Gasteiger charge is 2.20. The first-order valence-electron chi connectivity index (χ1n) is 11.9. The third kappa shape index (κ3) is 7.29. The molecule has 0 spiro atoms. The molecular formula is C26H36N4O4S. The van der Waals surface area contributed by atoms with Crippen LogP contribution in [0.3, 0.4) is 0 Å². The van der Waals surface area contributed by atoms with E-state index in [9.17, 15) is 13.2 Å². The number of aliphatic imine (C=N–C) groups is 1. The zero-order chi connectivity index (χ0) is 25.4. The summed E-state index contributed by atoms with van der Waals surface area (Å²) in [5.74, 6) is 1.52. The predicted molar refractivity (Wildman–Crippen MR) is 139 cm³/mol. The third-order valence-corrected chi connectivity index (χ3v) is 7.86. The normalized spacial score (nSPS) is 13.3. The molecule has 0 atom stereocenters. The fourth-order valence-electron chi connectivity index (χ4n) is 4.24. The SMILES string of the molecule is COc1cc(C)c(S(=O)(=O)CNCCCCC(=O)N(C)Cc2ccc(C3=NCCN3)cc2)c(C)c1. The van der Waals surface area contributed by atoms with Crippen molar-refractivity contribution in [1.29, 1.82) is 0 Å². The van der Waals surface area contributed by atoms with E-state index in [1.807, 2.05) is 31.3 Å².